The number of hydrogen-bond donors (Lipinski definition) is 1. The summed E-state index contributed by atoms with van der Waals surface area (Å²) in [5.41, 5.74) is 2.11. The molecule has 5 heteroatoms. The number of hydrogen-bond acceptors (Lipinski definition) is 4. The fourth-order valence-corrected chi connectivity index (χ4v) is 3.50. The average Bonchev–Trinajstić information content (AvgIpc) is 2.90. The maximum absolute atomic E-state index is 13.5. The fraction of sp³-hybridized carbons (Fsp3) is 0.375. The minimum Gasteiger partial charge on any atom is -0.354 e. The second-order valence-corrected chi connectivity index (χ2v) is 6.42. The van der Waals surface area contributed by atoms with E-state index in [2.05, 4.69) is 10.3 Å². The number of Topliss-reactive ketones (excluding diaryl/α,β-unsaturated/α-hetero) is 1. The van der Waals surface area contributed by atoms with E-state index in [-0.39, 0.29) is 18.1 Å². The van der Waals surface area contributed by atoms with Gasteiger partial charge in [0.15, 0.2) is 10.9 Å². The number of halogens is 1. The van der Waals surface area contributed by atoms with Crippen LogP contribution in [-0.4, -0.2) is 17.3 Å². The number of ketones is 1. The van der Waals surface area contributed by atoms with Crippen molar-refractivity contribution in [3.8, 4) is 0 Å². The summed E-state index contributed by atoms with van der Waals surface area (Å²) in [6.07, 6.45) is 4.53. The number of rotatable bonds is 4. The fourth-order valence-electron chi connectivity index (χ4n) is 2.45. The summed E-state index contributed by atoms with van der Waals surface area (Å²) in [5.74, 6) is -0.465. The minimum absolute atomic E-state index is 0.123. The predicted molar refractivity (Wildman–Crippen MR) is 82.7 cm³/mol. The molecule has 0 unspecified atom stereocenters. The number of aromatic nitrogens is 1. The normalized spacial score (nSPS) is 13.8. The van der Waals surface area contributed by atoms with E-state index in [0.29, 0.717) is 11.1 Å². The number of nitrogens with zero attached hydrogens (tertiary/aromatic N) is 1. The maximum atomic E-state index is 13.5. The van der Waals surface area contributed by atoms with Gasteiger partial charge in [0.25, 0.3) is 0 Å². The summed E-state index contributed by atoms with van der Waals surface area (Å²) in [5, 5.41) is 3.86. The Labute approximate surface area is 127 Å². The van der Waals surface area contributed by atoms with Gasteiger partial charge >= 0.3 is 0 Å². The highest BCUT2D eigenvalue weighted by Crippen LogP contribution is 2.29. The van der Waals surface area contributed by atoms with Crippen molar-refractivity contribution in [2.45, 2.75) is 32.6 Å². The number of fused-ring (bicyclic) bond motifs is 1. The first-order valence-corrected chi connectivity index (χ1v) is 7.97. The molecule has 0 bridgehead atoms. The lowest BCUT2D eigenvalue weighted by atomic mass is 10.0. The Morgan fingerprint density at radius 3 is 2.95 bits per heavy atom. The van der Waals surface area contributed by atoms with Crippen LogP contribution in [0.5, 0.6) is 0 Å². The van der Waals surface area contributed by atoms with Crippen LogP contribution in [0.2, 0.25) is 0 Å². The lowest BCUT2D eigenvalue weighted by Gasteiger charge is -2.06. The van der Waals surface area contributed by atoms with Gasteiger partial charge in [-0.3, -0.25) is 4.79 Å². The summed E-state index contributed by atoms with van der Waals surface area (Å²) in [7, 11) is 0. The van der Waals surface area contributed by atoms with E-state index in [1.54, 1.807) is 30.4 Å². The average molecular weight is 304 g/mol. The van der Waals surface area contributed by atoms with E-state index in [9.17, 15) is 9.18 Å². The first kappa shape index (κ1) is 14.2. The van der Waals surface area contributed by atoms with Gasteiger partial charge in [0, 0.05) is 10.4 Å². The molecule has 1 aromatic carbocycles. The van der Waals surface area contributed by atoms with Crippen LogP contribution in [0.4, 0.5) is 9.52 Å². The number of benzene rings is 1. The van der Waals surface area contributed by atoms with E-state index in [1.165, 1.54) is 29.5 Å². The highest BCUT2D eigenvalue weighted by Gasteiger charge is 2.16. The number of anilines is 1. The second kappa shape index (κ2) is 5.93. The Hall–Kier alpha value is -1.75. The van der Waals surface area contributed by atoms with Crippen LogP contribution in [0.3, 0.4) is 0 Å². The number of thiazole rings is 1. The highest BCUT2D eigenvalue weighted by atomic mass is 32.1. The molecule has 1 aliphatic rings. The van der Waals surface area contributed by atoms with Gasteiger partial charge in [-0.1, -0.05) is 12.1 Å². The molecule has 0 spiro atoms. The van der Waals surface area contributed by atoms with Crippen LogP contribution < -0.4 is 5.32 Å². The lowest BCUT2D eigenvalue weighted by molar-refractivity contribution is 0.101. The zero-order valence-corrected chi connectivity index (χ0v) is 12.7. The molecule has 1 heterocycles. The molecule has 0 atom stereocenters. The number of carbonyl (C=O) groups is 1. The molecule has 3 rings (SSSR count). The van der Waals surface area contributed by atoms with Crippen molar-refractivity contribution in [1.29, 1.82) is 0 Å². The zero-order valence-electron chi connectivity index (χ0n) is 11.9. The van der Waals surface area contributed by atoms with Gasteiger partial charge in [0.05, 0.1) is 12.2 Å². The summed E-state index contributed by atoms with van der Waals surface area (Å²) < 4.78 is 13.5. The minimum atomic E-state index is -0.342. The topological polar surface area (TPSA) is 42.0 Å². The third kappa shape index (κ3) is 3.13. The zero-order chi connectivity index (χ0) is 14.8. The van der Waals surface area contributed by atoms with Gasteiger partial charge in [0.2, 0.25) is 0 Å². The molecule has 1 aliphatic carbocycles. The van der Waals surface area contributed by atoms with Crippen molar-refractivity contribution in [2.75, 3.05) is 11.9 Å². The Morgan fingerprint density at radius 2 is 2.19 bits per heavy atom. The van der Waals surface area contributed by atoms with Gasteiger partial charge in [-0.25, -0.2) is 9.37 Å². The number of nitrogens with one attached hydrogen (secondary N) is 1. The largest absolute Gasteiger partial charge is 0.354 e. The van der Waals surface area contributed by atoms with Gasteiger partial charge in [0.1, 0.15) is 5.82 Å². The molecule has 0 amide bonds. The van der Waals surface area contributed by atoms with Crippen LogP contribution in [0.1, 0.15) is 39.3 Å². The smallest absolute Gasteiger partial charge is 0.183 e. The first-order valence-electron chi connectivity index (χ1n) is 7.15. The van der Waals surface area contributed by atoms with Crippen molar-refractivity contribution in [3.63, 3.8) is 0 Å². The van der Waals surface area contributed by atoms with Crippen LogP contribution in [0.15, 0.2) is 18.2 Å². The van der Waals surface area contributed by atoms with Gasteiger partial charge in [-0.15, -0.1) is 11.3 Å². The van der Waals surface area contributed by atoms with Crippen LogP contribution >= 0.6 is 11.3 Å². The molecule has 0 aliphatic heterocycles. The van der Waals surface area contributed by atoms with Crippen molar-refractivity contribution >= 4 is 22.3 Å². The van der Waals surface area contributed by atoms with Crippen LogP contribution in [0.25, 0.3) is 0 Å². The van der Waals surface area contributed by atoms with Crippen molar-refractivity contribution in [1.82, 2.24) is 4.98 Å². The van der Waals surface area contributed by atoms with Crippen molar-refractivity contribution in [3.05, 3.63) is 45.7 Å². The van der Waals surface area contributed by atoms with E-state index >= 15 is 0 Å². The molecule has 0 fully saturated rings. The summed E-state index contributed by atoms with van der Waals surface area (Å²) >= 11 is 1.63. The third-order valence-corrected chi connectivity index (χ3v) is 4.85. The number of aryl methyl sites for hydroxylation is 3. The first-order chi connectivity index (χ1) is 10.1. The molecule has 21 heavy (non-hydrogen) atoms. The standard InChI is InChI=1S/C16H17FN2OS/c1-10-6-7-11(8-12(10)17)14(20)9-18-16-19-13-4-2-3-5-15(13)21-16/h6-8H,2-5,9H2,1H3,(H,18,19). The summed E-state index contributed by atoms with van der Waals surface area (Å²) in [4.78, 5) is 17.9. The Balaban J connectivity index is 1.65. The summed E-state index contributed by atoms with van der Waals surface area (Å²) in [6, 6.07) is 4.59. The van der Waals surface area contributed by atoms with Crippen LogP contribution in [-0.2, 0) is 12.8 Å². The Morgan fingerprint density at radius 1 is 1.38 bits per heavy atom. The second-order valence-electron chi connectivity index (χ2n) is 5.34. The predicted octanol–water partition coefficient (Wildman–Crippen LogP) is 3.76. The van der Waals surface area contributed by atoms with Gasteiger partial charge < -0.3 is 5.32 Å². The maximum Gasteiger partial charge on any atom is 0.183 e. The van der Waals surface area contributed by atoms with Crippen molar-refractivity contribution in [2.24, 2.45) is 0 Å². The van der Waals surface area contributed by atoms with E-state index in [0.717, 1.165) is 18.0 Å². The molecule has 2 aromatic rings. The van der Waals surface area contributed by atoms with Gasteiger partial charge in [-0.2, -0.15) is 0 Å². The third-order valence-electron chi connectivity index (χ3n) is 3.74. The van der Waals surface area contributed by atoms with E-state index in [4.69, 9.17) is 0 Å². The van der Waals surface area contributed by atoms with Crippen LogP contribution in [0, 0.1) is 12.7 Å². The summed E-state index contributed by atoms with van der Waals surface area (Å²) in [6.45, 7) is 1.83. The monoisotopic (exact) mass is 304 g/mol. The molecule has 0 radical (unpaired) electrons. The molecule has 0 saturated heterocycles. The molecule has 110 valence electrons. The Kier molecular flexibility index (Phi) is 4.01. The number of carbonyl (C=O) groups excluding carboxylic acids is 1. The highest BCUT2D eigenvalue weighted by molar-refractivity contribution is 7.15. The molecule has 1 N–H and O–H groups in total. The molecule has 3 nitrogen and oxygen atoms in total. The van der Waals surface area contributed by atoms with E-state index in [1.807, 2.05) is 0 Å². The lowest BCUT2D eigenvalue weighted by Crippen LogP contribution is -2.14. The Bertz CT molecular complexity index is 657. The van der Waals surface area contributed by atoms with Gasteiger partial charge in [-0.05, 0) is 44.2 Å². The quantitative estimate of drug-likeness (QED) is 0.874. The van der Waals surface area contributed by atoms with Crippen molar-refractivity contribution < 1.29 is 9.18 Å². The SMILES string of the molecule is Cc1ccc(C(=O)CNc2nc3c(s2)CCCC3)cc1F. The molecular weight excluding hydrogens is 287 g/mol. The molecule has 0 saturated carbocycles. The molecule has 1 aromatic heterocycles. The molecular formula is C16H17FN2OS. The van der Waals surface area contributed by atoms with E-state index < -0.39 is 0 Å².